The van der Waals surface area contributed by atoms with Gasteiger partial charge in [0.1, 0.15) is 5.56 Å². The highest BCUT2D eigenvalue weighted by molar-refractivity contribution is 6.33. The molecule has 1 amide bonds. The topological polar surface area (TPSA) is 85.3 Å². The van der Waals surface area contributed by atoms with Crippen LogP contribution < -0.4 is 5.32 Å². The van der Waals surface area contributed by atoms with Crippen LogP contribution in [0.3, 0.4) is 0 Å². The highest BCUT2D eigenvalue weighted by atomic mass is 35.5. The van der Waals surface area contributed by atoms with Crippen molar-refractivity contribution in [2.24, 2.45) is 0 Å². The molecular weight excluding hydrogens is 354 g/mol. The van der Waals surface area contributed by atoms with Crippen LogP contribution in [-0.2, 0) is 0 Å². The molecule has 0 aliphatic rings. The van der Waals surface area contributed by atoms with Gasteiger partial charge in [-0.2, -0.15) is 5.10 Å². The lowest BCUT2D eigenvalue weighted by atomic mass is 10.1. The number of hydrogen-bond acceptors (Lipinski definition) is 5. The van der Waals surface area contributed by atoms with Crippen molar-refractivity contribution in [3.8, 4) is 11.3 Å². The van der Waals surface area contributed by atoms with E-state index in [0.717, 1.165) is 11.4 Å². The van der Waals surface area contributed by atoms with Crippen molar-refractivity contribution in [1.82, 2.24) is 19.6 Å². The molecule has 3 aromatic heterocycles. The summed E-state index contributed by atoms with van der Waals surface area (Å²) in [5, 5.41) is 7.60. The predicted octanol–water partition coefficient (Wildman–Crippen LogP) is 3.91. The van der Waals surface area contributed by atoms with Crippen molar-refractivity contribution in [3.05, 3.63) is 65.0 Å². The second kappa shape index (κ2) is 6.27. The van der Waals surface area contributed by atoms with E-state index in [-0.39, 0.29) is 5.91 Å². The van der Waals surface area contributed by atoms with Gasteiger partial charge in [0, 0.05) is 22.6 Å². The lowest BCUT2D eigenvalue weighted by Gasteiger charge is -2.07. The van der Waals surface area contributed by atoms with Crippen LogP contribution in [0.15, 0.2) is 47.5 Å². The molecule has 4 aromatic rings. The smallest absolute Gasteiger partial charge is 0.261 e. The normalized spacial score (nSPS) is 11.0. The summed E-state index contributed by atoms with van der Waals surface area (Å²) in [7, 11) is 0. The van der Waals surface area contributed by atoms with Crippen LogP contribution in [0.4, 0.5) is 5.69 Å². The molecule has 0 saturated carbocycles. The first-order valence-electron chi connectivity index (χ1n) is 7.84. The first-order chi connectivity index (χ1) is 12.5. The molecule has 0 unspecified atom stereocenters. The summed E-state index contributed by atoms with van der Waals surface area (Å²) in [6.45, 7) is 3.80. The average Bonchev–Trinajstić information content (AvgIpc) is 3.26. The van der Waals surface area contributed by atoms with Gasteiger partial charge < -0.3 is 9.73 Å². The van der Waals surface area contributed by atoms with E-state index in [1.165, 1.54) is 12.6 Å². The number of nitrogens with one attached hydrogen (secondary N) is 1. The number of amides is 1. The molecule has 0 fully saturated rings. The Labute approximate surface area is 153 Å². The van der Waals surface area contributed by atoms with Crippen molar-refractivity contribution in [1.29, 1.82) is 0 Å². The Morgan fingerprint density at radius 1 is 1.23 bits per heavy atom. The van der Waals surface area contributed by atoms with E-state index in [1.807, 2.05) is 19.9 Å². The molecule has 8 heteroatoms. The molecule has 0 aliphatic heterocycles. The van der Waals surface area contributed by atoms with Crippen LogP contribution >= 0.6 is 11.6 Å². The van der Waals surface area contributed by atoms with Gasteiger partial charge >= 0.3 is 0 Å². The van der Waals surface area contributed by atoms with E-state index < -0.39 is 0 Å². The third-order valence-electron chi connectivity index (χ3n) is 3.94. The minimum Gasteiger partial charge on any atom is -0.443 e. The molecule has 0 atom stereocenters. The maximum absolute atomic E-state index is 12.7. The Hall–Kier alpha value is -3.19. The minimum absolute atomic E-state index is 0.302. The van der Waals surface area contributed by atoms with Crippen molar-refractivity contribution >= 4 is 28.8 Å². The molecule has 4 rings (SSSR count). The number of rotatable bonds is 3. The highest BCUT2D eigenvalue weighted by Crippen LogP contribution is 2.30. The Kier molecular flexibility index (Phi) is 3.93. The lowest BCUT2D eigenvalue weighted by molar-refractivity contribution is 0.102. The number of fused-ring (bicyclic) bond motifs is 1. The van der Waals surface area contributed by atoms with Gasteiger partial charge in [-0.25, -0.2) is 14.5 Å². The molecule has 0 radical (unpaired) electrons. The monoisotopic (exact) mass is 367 g/mol. The van der Waals surface area contributed by atoms with Gasteiger partial charge in [-0.15, -0.1) is 0 Å². The third kappa shape index (κ3) is 2.82. The van der Waals surface area contributed by atoms with Gasteiger partial charge in [0.2, 0.25) is 0 Å². The van der Waals surface area contributed by atoms with E-state index in [9.17, 15) is 4.79 Å². The third-order valence-corrected chi connectivity index (χ3v) is 4.27. The van der Waals surface area contributed by atoms with E-state index in [4.69, 9.17) is 16.0 Å². The molecule has 130 valence electrons. The lowest BCUT2D eigenvalue weighted by Crippen LogP contribution is -2.12. The van der Waals surface area contributed by atoms with Crippen molar-refractivity contribution in [2.45, 2.75) is 13.8 Å². The largest absolute Gasteiger partial charge is 0.443 e. The Bertz CT molecular complexity index is 1120. The molecule has 7 nitrogen and oxygen atoms in total. The SMILES string of the molecule is Cc1cc(C)n2ncc(C(=O)Nc3ccc(Cl)c(-c4cnco4)c3)c2n1. The number of aromatic nitrogens is 4. The standard InChI is InChI=1S/C18H14ClN5O2/c1-10-5-11(2)24-17(22-10)14(7-21-24)18(25)23-12-3-4-15(19)13(6-12)16-8-20-9-26-16/h3-9H,1-2H3,(H,23,25). The minimum atomic E-state index is -0.302. The molecule has 1 aromatic carbocycles. The Balaban J connectivity index is 1.68. The molecule has 0 spiro atoms. The quantitative estimate of drug-likeness (QED) is 0.593. The van der Waals surface area contributed by atoms with Crippen LogP contribution in [0.5, 0.6) is 0 Å². The van der Waals surface area contributed by atoms with E-state index in [0.29, 0.717) is 33.2 Å². The average molecular weight is 368 g/mol. The Morgan fingerprint density at radius 3 is 2.85 bits per heavy atom. The zero-order valence-electron chi connectivity index (χ0n) is 14.0. The molecule has 0 aliphatic carbocycles. The maximum atomic E-state index is 12.7. The first-order valence-corrected chi connectivity index (χ1v) is 8.22. The summed E-state index contributed by atoms with van der Waals surface area (Å²) in [6.07, 6.45) is 4.40. The number of carbonyl (C=O) groups excluding carboxylic acids is 1. The number of halogens is 1. The van der Waals surface area contributed by atoms with Crippen LogP contribution in [0.25, 0.3) is 17.0 Å². The van der Waals surface area contributed by atoms with Crippen molar-refractivity contribution in [2.75, 3.05) is 5.32 Å². The molecule has 1 N–H and O–H groups in total. The fourth-order valence-corrected chi connectivity index (χ4v) is 2.98. The number of hydrogen-bond donors (Lipinski definition) is 1. The number of carbonyl (C=O) groups is 1. The summed E-state index contributed by atoms with van der Waals surface area (Å²) < 4.78 is 6.93. The van der Waals surface area contributed by atoms with Crippen LogP contribution in [0.1, 0.15) is 21.7 Å². The van der Waals surface area contributed by atoms with Crippen molar-refractivity contribution < 1.29 is 9.21 Å². The number of oxazole rings is 1. The fourth-order valence-electron chi connectivity index (χ4n) is 2.77. The van der Waals surface area contributed by atoms with Crippen LogP contribution in [0.2, 0.25) is 5.02 Å². The van der Waals surface area contributed by atoms with Gasteiger partial charge in [-0.3, -0.25) is 4.79 Å². The molecular formula is C18H14ClN5O2. The summed E-state index contributed by atoms with van der Waals surface area (Å²) in [5.41, 5.74) is 3.87. The van der Waals surface area contributed by atoms with Gasteiger partial charge in [0.15, 0.2) is 17.8 Å². The summed E-state index contributed by atoms with van der Waals surface area (Å²) in [5.74, 6) is 0.221. The van der Waals surface area contributed by atoms with Gasteiger partial charge in [0.05, 0.1) is 17.4 Å². The van der Waals surface area contributed by atoms with E-state index >= 15 is 0 Å². The highest BCUT2D eigenvalue weighted by Gasteiger charge is 2.17. The van der Waals surface area contributed by atoms with Gasteiger partial charge in [-0.05, 0) is 38.1 Å². The number of anilines is 1. The van der Waals surface area contributed by atoms with Crippen LogP contribution in [0, 0.1) is 13.8 Å². The second-order valence-corrected chi connectivity index (χ2v) is 6.25. The second-order valence-electron chi connectivity index (χ2n) is 5.85. The molecule has 0 bridgehead atoms. The van der Waals surface area contributed by atoms with E-state index in [2.05, 4.69) is 20.4 Å². The molecule has 0 saturated heterocycles. The molecule has 3 heterocycles. The maximum Gasteiger partial charge on any atom is 0.261 e. The van der Waals surface area contributed by atoms with Gasteiger partial charge in [-0.1, -0.05) is 11.6 Å². The fraction of sp³-hybridized carbons (Fsp3) is 0.111. The molecule has 26 heavy (non-hydrogen) atoms. The number of nitrogens with zero attached hydrogens (tertiary/aromatic N) is 4. The summed E-state index contributed by atoms with van der Waals surface area (Å²) in [4.78, 5) is 21.0. The van der Waals surface area contributed by atoms with Crippen LogP contribution in [-0.4, -0.2) is 25.5 Å². The first kappa shape index (κ1) is 16.3. The zero-order chi connectivity index (χ0) is 18.3. The summed E-state index contributed by atoms with van der Waals surface area (Å²) >= 11 is 6.21. The number of aryl methyl sites for hydroxylation is 2. The summed E-state index contributed by atoms with van der Waals surface area (Å²) in [6, 6.07) is 7.05. The Morgan fingerprint density at radius 2 is 2.08 bits per heavy atom. The number of benzene rings is 1. The predicted molar refractivity (Wildman–Crippen MR) is 97.4 cm³/mol. The van der Waals surface area contributed by atoms with E-state index in [1.54, 1.807) is 28.9 Å². The van der Waals surface area contributed by atoms with Crippen molar-refractivity contribution in [3.63, 3.8) is 0 Å². The van der Waals surface area contributed by atoms with Gasteiger partial charge in [0.25, 0.3) is 5.91 Å². The zero-order valence-corrected chi connectivity index (χ0v) is 14.8.